The molecular weight excluding hydrogens is 646 g/mol. The number of nitrogens with zero attached hydrogens (tertiary/aromatic N) is 2. The van der Waals surface area contributed by atoms with Crippen LogP contribution in [0, 0.1) is 0 Å². The Hall–Kier alpha value is -5.20. The van der Waals surface area contributed by atoms with E-state index in [0.29, 0.717) is 48.6 Å². The maximum absolute atomic E-state index is 13.2. The maximum atomic E-state index is 13.2. The SMILES string of the molecule is O=C(NC(c1ccccc1)c1cccc(OCc2cccc(CCNC[C@H](O)c3ccc(O)c4[nH]c(=O)ccc34)c2)c1)ON1CN2CCC1CC2. The van der Waals surface area contributed by atoms with Gasteiger partial charge in [-0.25, -0.2) is 4.79 Å². The molecule has 0 aliphatic carbocycles. The summed E-state index contributed by atoms with van der Waals surface area (Å²) in [6.07, 6.45) is 1.46. The van der Waals surface area contributed by atoms with Crippen molar-refractivity contribution < 1.29 is 24.6 Å². The molecule has 264 valence electrons. The summed E-state index contributed by atoms with van der Waals surface area (Å²) in [6, 6.07) is 31.8. The zero-order valence-electron chi connectivity index (χ0n) is 28.3. The summed E-state index contributed by atoms with van der Waals surface area (Å²) in [5.74, 6) is 0.656. The molecule has 3 aliphatic rings. The lowest BCUT2D eigenvalue weighted by molar-refractivity contribution is -0.202. The Morgan fingerprint density at radius 3 is 2.49 bits per heavy atom. The predicted molar refractivity (Wildman–Crippen MR) is 194 cm³/mol. The smallest absolute Gasteiger partial charge is 0.427 e. The van der Waals surface area contributed by atoms with Crippen LogP contribution in [0.3, 0.4) is 0 Å². The summed E-state index contributed by atoms with van der Waals surface area (Å²) in [4.78, 5) is 35.6. The summed E-state index contributed by atoms with van der Waals surface area (Å²) in [7, 11) is 0. The second-order valence-corrected chi connectivity index (χ2v) is 13.2. The highest BCUT2D eigenvalue weighted by Gasteiger charge is 2.35. The van der Waals surface area contributed by atoms with E-state index in [9.17, 15) is 19.8 Å². The van der Waals surface area contributed by atoms with Crippen molar-refractivity contribution >= 4 is 17.0 Å². The monoisotopic (exact) mass is 689 g/mol. The molecule has 3 fully saturated rings. The Balaban J connectivity index is 0.939. The number of nitrogens with one attached hydrogen (secondary N) is 3. The van der Waals surface area contributed by atoms with Gasteiger partial charge in [-0.3, -0.25) is 9.69 Å². The molecule has 4 aromatic carbocycles. The number of pyridine rings is 1. The van der Waals surface area contributed by atoms with Gasteiger partial charge in [0.25, 0.3) is 0 Å². The average molecular weight is 690 g/mol. The Labute approximate surface area is 296 Å². The number of rotatable bonds is 13. The number of aliphatic hydroxyl groups excluding tert-OH is 1. The molecule has 1 aromatic heterocycles. The maximum Gasteiger partial charge on any atom is 0.427 e. The number of ether oxygens (including phenoxy) is 1. The summed E-state index contributed by atoms with van der Waals surface area (Å²) in [5, 5.41) is 29.8. The fourth-order valence-electron chi connectivity index (χ4n) is 6.98. The number of hydrogen-bond donors (Lipinski definition) is 5. The average Bonchev–Trinajstić information content (AvgIpc) is 3.16. The van der Waals surface area contributed by atoms with E-state index in [-0.39, 0.29) is 17.4 Å². The normalized spacial score (nSPS) is 18.3. The first-order chi connectivity index (χ1) is 24.9. The largest absolute Gasteiger partial charge is 0.506 e. The van der Waals surface area contributed by atoms with Gasteiger partial charge in [-0.1, -0.05) is 72.8 Å². The van der Waals surface area contributed by atoms with E-state index in [1.165, 1.54) is 12.1 Å². The molecule has 2 bridgehead atoms. The number of aromatic amines is 1. The molecular formula is C40H43N5O6. The number of carbonyl (C=O) groups is 1. The van der Waals surface area contributed by atoms with Crippen LogP contribution in [0.25, 0.3) is 10.9 Å². The van der Waals surface area contributed by atoms with E-state index >= 15 is 0 Å². The minimum absolute atomic E-state index is 0.0354. The van der Waals surface area contributed by atoms with E-state index in [1.807, 2.05) is 71.8 Å². The number of amides is 1. The Morgan fingerprint density at radius 1 is 0.902 bits per heavy atom. The number of H-pyrrole nitrogens is 1. The fraction of sp³-hybridized carbons (Fsp3) is 0.300. The van der Waals surface area contributed by atoms with Crippen LogP contribution < -0.4 is 20.9 Å². The number of aliphatic hydroxyl groups is 1. The first-order valence-corrected chi connectivity index (χ1v) is 17.5. The molecule has 8 rings (SSSR count). The van der Waals surface area contributed by atoms with Gasteiger partial charge in [0.2, 0.25) is 5.56 Å². The highest BCUT2D eigenvalue weighted by Crippen LogP contribution is 2.30. The van der Waals surface area contributed by atoms with Crippen molar-refractivity contribution in [2.75, 3.05) is 32.8 Å². The molecule has 11 heteroatoms. The molecule has 0 spiro atoms. The molecule has 2 atom stereocenters. The first-order valence-electron chi connectivity index (χ1n) is 17.5. The highest BCUT2D eigenvalue weighted by atomic mass is 16.7. The number of aromatic hydroxyl groups is 1. The lowest BCUT2D eigenvalue weighted by atomic mass is 9.98. The molecule has 11 nitrogen and oxygen atoms in total. The van der Waals surface area contributed by atoms with E-state index in [1.54, 1.807) is 12.1 Å². The number of phenolic OH excluding ortho intramolecular Hbond substituents is 1. The number of hydrogen-bond acceptors (Lipinski definition) is 9. The van der Waals surface area contributed by atoms with Gasteiger partial charge >= 0.3 is 6.09 Å². The molecule has 0 radical (unpaired) electrons. The number of benzene rings is 4. The number of aromatic nitrogens is 1. The molecule has 1 unspecified atom stereocenters. The predicted octanol–water partition coefficient (Wildman–Crippen LogP) is 5.15. The molecule has 4 heterocycles. The van der Waals surface area contributed by atoms with E-state index in [2.05, 4.69) is 32.7 Å². The second-order valence-electron chi connectivity index (χ2n) is 13.2. The minimum atomic E-state index is -0.820. The Morgan fingerprint density at radius 2 is 1.69 bits per heavy atom. The van der Waals surface area contributed by atoms with Gasteiger partial charge in [0, 0.05) is 31.1 Å². The van der Waals surface area contributed by atoms with Gasteiger partial charge in [-0.15, -0.1) is 5.06 Å². The third-order valence-electron chi connectivity index (χ3n) is 9.68. The van der Waals surface area contributed by atoms with Crippen LogP contribution in [-0.2, 0) is 17.9 Å². The van der Waals surface area contributed by atoms with Crippen molar-refractivity contribution in [2.24, 2.45) is 0 Å². The van der Waals surface area contributed by atoms with Crippen LogP contribution in [0.1, 0.15) is 52.8 Å². The minimum Gasteiger partial charge on any atom is -0.506 e. The fourth-order valence-corrected chi connectivity index (χ4v) is 6.98. The number of piperidine rings is 1. The number of hydroxylamine groups is 2. The van der Waals surface area contributed by atoms with Crippen molar-refractivity contribution in [3.8, 4) is 11.5 Å². The van der Waals surface area contributed by atoms with Crippen LogP contribution in [0.15, 0.2) is 108 Å². The van der Waals surface area contributed by atoms with Gasteiger partial charge < -0.3 is 35.4 Å². The Kier molecular flexibility index (Phi) is 10.6. The van der Waals surface area contributed by atoms with E-state index in [0.717, 1.165) is 54.6 Å². The zero-order chi connectivity index (χ0) is 35.2. The lowest BCUT2D eigenvalue weighted by Gasteiger charge is -2.45. The molecule has 3 saturated heterocycles. The highest BCUT2D eigenvalue weighted by molar-refractivity contribution is 5.87. The Bertz CT molecular complexity index is 2010. The van der Waals surface area contributed by atoms with Gasteiger partial charge in [0.15, 0.2) is 0 Å². The number of fused-ring (bicyclic) bond motifs is 4. The van der Waals surface area contributed by atoms with Gasteiger partial charge in [0.05, 0.1) is 30.4 Å². The van der Waals surface area contributed by atoms with Crippen LogP contribution in [-0.4, -0.2) is 70.1 Å². The van der Waals surface area contributed by atoms with Crippen molar-refractivity contribution in [3.05, 3.63) is 141 Å². The second kappa shape index (κ2) is 15.8. The molecule has 1 amide bonds. The van der Waals surface area contributed by atoms with Crippen LogP contribution in [0.2, 0.25) is 0 Å². The number of phenols is 1. The number of carbonyl (C=O) groups excluding carboxylic acids is 1. The molecule has 5 N–H and O–H groups in total. The molecule has 3 aliphatic heterocycles. The zero-order valence-corrected chi connectivity index (χ0v) is 28.3. The lowest BCUT2D eigenvalue weighted by Crippen LogP contribution is -2.57. The van der Waals surface area contributed by atoms with Gasteiger partial charge in [0.1, 0.15) is 18.1 Å². The summed E-state index contributed by atoms with van der Waals surface area (Å²) < 4.78 is 6.24. The topological polar surface area (TPSA) is 139 Å². The molecule has 51 heavy (non-hydrogen) atoms. The standard InChI is InChI=1S/C40H43N5O6/c46-35-14-12-33(34-13-15-37(48)42-39(34)35)36(47)24-41-19-16-27-6-4-7-28(22-27)25-50-32-11-5-10-30(23-32)38(29-8-2-1-3-9-29)43-40(49)51-45-26-44-20-17-31(45)18-21-44/h1-15,22-23,31,36,38,41,46-47H,16-21,24-26H2,(H,42,48)(H,43,49)/t36-,38?/m0/s1. The van der Waals surface area contributed by atoms with Crippen LogP contribution in [0.4, 0.5) is 4.79 Å². The van der Waals surface area contributed by atoms with Crippen molar-refractivity contribution in [3.63, 3.8) is 0 Å². The van der Waals surface area contributed by atoms with Crippen LogP contribution >= 0.6 is 0 Å². The van der Waals surface area contributed by atoms with Crippen molar-refractivity contribution in [2.45, 2.75) is 44.1 Å². The summed E-state index contributed by atoms with van der Waals surface area (Å²) in [5.41, 5.74) is 4.61. The third-order valence-corrected chi connectivity index (χ3v) is 9.68. The third kappa shape index (κ3) is 8.41. The quantitative estimate of drug-likeness (QED) is 0.106. The summed E-state index contributed by atoms with van der Waals surface area (Å²) >= 11 is 0. The van der Waals surface area contributed by atoms with Gasteiger partial charge in [-0.05, 0) is 77.9 Å². The van der Waals surface area contributed by atoms with Crippen molar-refractivity contribution in [1.82, 2.24) is 25.6 Å². The van der Waals surface area contributed by atoms with Crippen molar-refractivity contribution in [1.29, 1.82) is 0 Å². The summed E-state index contributed by atoms with van der Waals surface area (Å²) in [6.45, 7) is 4.06. The van der Waals surface area contributed by atoms with Gasteiger partial charge in [-0.2, -0.15) is 0 Å². The first kappa shape index (κ1) is 34.3. The molecule has 0 saturated carbocycles. The van der Waals surface area contributed by atoms with Crippen LogP contribution in [0.5, 0.6) is 11.5 Å². The van der Waals surface area contributed by atoms with E-state index < -0.39 is 18.2 Å². The van der Waals surface area contributed by atoms with E-state index in [4.69, 9.17) is 9.57 Å². The molecule has 5 aromatic rings.